The van der Waals surface area contributed by atoms with Crippen molar-refractivity contribution < 1.29 is 9.53 Å². The van der Waals surface area contributed by atoms with E-state index in [-0.39, 0.29) is 11.9 Å². The Morgan fingerprint density at radius 2 is 2.26 bits per heavy atom. The minimum absolute atomic E-state index is 0.0330. The number of hydrogen-bond acceptors (Lipinski definition) is 7. The molecule has 1 amide bonds. The molecule has 122 valence electrons. The molecule has 8 heteroatoms. The van der Waals surface area contributed by atoms with E-state index in [1.54, 1.807) is 10.4 Å². The molecule has 23 heavy (non-hydrogen) atoms. The van der Waals surface area contributed by atoms with Gasteiger partial charge in [0.05, 0.1) is 24.4 Å². The lowest BCUT2D eigenvalue weighted by atomic mass is 10.2. The van der Waals surface area contributed by atoms with Gasteiger partial charge in [-0.2, -0.15) is 0 Å². The van der Waals surface area contributed by atoms with Crippen LogP contribution in [0, 0.1) is 13.8 Å². The van der Waals surface area contributed by atoms with Gasteiger partial charge in [0.1, 0.15) is 16.7 Å². The maximum absolute atomic E-state index is 12.9. The van der Waals surface area contributed by atoms with Crippen molar-refractivity contribution in [1.82, 2.24) is 19.9 Å². The first-order valence-electron chi connectivity index (χ1n) is 7.42. The first kappa shape index (κ1) is 15.8. The molecule has 7 nitrogen and oxygen atoms in total. The number of nitrogens with one attached hydrogen (secondary N) is 1. The second kappa shape index (κ2) is 6.59. The van der Waals surface area contributed by atoms with Crippen LogP contribution in [0.5, 0.6) is 0 Å². The lowest BCUT2D eigenvalue weighted by Gasteiger charge is -2.34. The fraction of sp³-hybridized carbons (Fsp3) is 0.467. The molecule has 3 rings (SSSR count). The second-order valence-corrected chi connectivity index (χ2v) is 6.21. The zero-order valence-electron chi connectivity index (χ0n) is 13.4. The van der Waals surface area contributed by atoms with Gasteiger partial charge in [0.25, 0.3) is 5.91 Å². The van der Waals surface area contributed by atoms with Crippen LogP contribution < -0.4 is 5.32 Å². The number of hydrogen-bond donors (Lipinski definition) is 1. The summed E-state index contributed by atoms with van der Waals surface area (Å²) in [5, 5.41) is 3.02. The van der Waals surface area contributed by atoms with Crippen LogP contribution in [0.4, 0.5) is 5.82 Å². The number of aromatic nitrogens is 3. The van der Waals surface area contributed by atoms with E-state index < -0.39 is 0 Å². The normalized spacial score (nSPS) is 18.0. The molecule has 3 heterocycles. The number of carbonyl (C=O) groups excluding carboxylic acids is 1. The van der Waals surface area contributed by atoms with Crippen molar-refractivity contribution in [3.63, 3.8) is 0 Å². The van der Waals surface area contributed by atoms with Crippen LogP contribution in [-0.2, 0) is 4.74 Å². The van der Waals surface area contributed by atoms with E-state index >= 15 is 0 Å². The van der Waals surface area contributed by atoms with E-state index in [9.17, 15) is 4.79 Å². The van der Waals surface area contributed by atoms with Gasteiger partial charge in [0, 0.05) is 25.4 Å². The number of morpholine rings is 1. The molecular weight excluding hydrogens is 314 g/mol. The van der Waals surface area contributed by atoms with Crippen molar-refractivity contribution in [2.45, 2.75) is 19.9 Å². The topological polar surface area (TPSA) is 80.2 Å². The van der Waals surface area contributed by atoms with E-state index in [4.69, 9.17) is 4.74 Å². The average Bonchev–Trinajstić information content (AvgIpc) is 2.99. The number of rotatable bonds is 3. The minimum Gasteiger partial charge on any atom is -0.377 e. The molecule has 0 saturated carbocycles. The summed E-state index contributed by atoms with van der Waals surface area (Å²) in [6, 6.07) is 1.58. The monoisotopic (exact) mass is 333 g/mol. The molecule has 1 aliphatic heterocycles. The minimum atomic E-state index is -0.287. The Kier molecular flexibility index (Phi) is 4.53. The Morgan fingerprint density at radius 3 is 2.96 bits per heavy atom. The van der Waals surface area contributed by atoms with Crippen molar-refractivity contribution in [1.29, 1.82) is 0 Å². The third kappa shape index (κ3) is 3.18. The van der Waals surface area contributed by atoms with Gasteiger partial charge in [-0.15, -0.1) is 11.3 Å². The summed E-state index contributed by atoms with van der Waals surface area (Å²) in [5.41, 5.74) is 3.30. The van der Waals surface area contributed by atoms with Gasteiger partial charge in [0.15, 0.2) is 5.82 Å². The van der Waals surface area contributed by atoms with Crippen LogP contribution >= 0.6 is 11.3 Å². The Balaban J connectivity index is 1.94. The van der Waals surface area contributed by atoms with E-state index in [0.29, 0.717) is 30.5 Å². The molecule has 0 aliphatic carbocycles. The molecular formula is C15H19N5O2S. The van der Waals surface area contributed by atoms with Crippen molar-refractivity contribution in [2.24, 2.45) is 0 Å². The van der Waals surface area contributed by atoms with E-state index in [2.05, 4.69) is 20.3 Å². The third-order valence-electron chi connectivity index (χ3n) is 3.75. The molecule has 0 aromatic carbocycles. The van der Waals surface area contributed by atoms with Crippen LogP contribution in [0.15, 0.2) is 11.6 Å². The lowest BCUT2D eigenvalue weighted by molar-refractivity contribution is -0.00502. The summed E-state index contributed by atoms with van der Waals surface area (Å²) in [7, 11) is 1.81. The lowest BCUT2D eigenvalue weighted by Crippen LogP contribution is -2.44. The number of amides is 1. The molecule has 0 radical (unpaired) electrons. The summed E-state index contributed by atoms with van der Waals surface area (Å²) >= 11 is 1.36. The number of aryl methyl sites for hydroxylation is 2. The van der Waals surface area contributed by atoms with Gasteiger partial charge in [0.2, 0.25) is 0 Å². The summed E-state index contributed by atoms with van der Waals surface area (Å²) in [6.45, 7) is 5.20. The Hall–Kier alpha value is -2.06. The van der Waals surface area contributed by atoms with Crippen LogP contribution in [0.25, 0.3) is 0 Å². The summed E-state index contributed by atoms with van der Waals surface area (Å²) in [5.74, 6) is 1.30. The van der Waals surface area contributed by atoms with Crippen LogP contribution in [-0.4, -0.2) is 52.6 Å². The molecule has 1 fully saturated rings. The number of thiazole rings is 1. The number of ether oxygens (including phenoxy) is 1. The van der Waals surface area contributed by atoms with E-state index in [1.807, 2.05) is 27.0 Å². The predicted molar refractivity (Wildman–Crippen MR) is 87.8 cm³/mol. The van der Waals surface area contributed by atoms with Crippen LogP contribution in [0.2, 0.25) is 0 Å². The van der Waals surface area contributed by atoms with Crippen molar-refractivity contribution >= 4 is 23.1 Å². The maximum atomic E-state index is 12.9. The molecule has 2 aromatic rings. The fourth-order valence-corrected chi connectivity index (χ4v) is 3.32. The second-order valence-electron chi connectivity index (χ2n) is 5.36. The Bertz CT molecular complexity index is 718. The van der Waals surface area contributed by atoms with Gasteiger partial charge in [-0.1, -0.05) is 0 Å². The Morgan fingerprint density at radius 1 is 1.43 bits per heavy atom. The molecule has 1 N–H and O–H groups in total. The smallest absolute Gasteiger partial charge is 0.266 e. The van der Waals surface area contributed by atoms with Gasteiger partial charge in [-0.05, 0) is 13.8 Å². The largest absolute Gasteiger partial charge is 0.377 e. The Labute approximate surface area is 138 Å². The molecule has 0 bridgehead atoms. The van der Waals surface area contributed by atoms with Crippen molar-refractivity contribution in [2.75, 3.05) is 32.1 Å². The zero-order valence-corrected chi connectivity index (χ0v) is 14.2. The SMILES string of the molecule is CNc1cc(C)nc([C@H]2COCCN2C(=O)c2scnc2C)n1. The standard InChI is InChI=1S/C15H19N5O2S/c1-9-6-12(16-3)19-14(18-9)11-7-22-5-4-20(11)15(21)13-10(2)17-8-23-13/h6,8,11H,4-5,7H2,1-3H3,(H,16,18,19)/t11-/m1/s1. The van der Waals surface area contributed by atoms with Crippen molar-refractivity contribution in [3.8, 4) is 0 Å². The summed E-state index contributed by atoms with van der Waals surface area (Å²) < 4.78 is 5.57. The van der Waals surface area contributed by atoms with Gasteiger partial charge in [-0.25, -0.2) is 15.0 Å². The average molecular weight is 333 g/mol. The number of anilines is 1. The van der Waals surface area contributed by atoms with Crippen LogP contribution in [0.1, 0.15) is 32.9 Å². The number of nitrogens with zero attached hydrogens (tertiary/aromatic N) is 4. The van der Waals surface area contributed by atoms with Gasteiger partial charge < -0.3 is 15.0 Å². The summed E-state index contributed by atoms with van der Waals surface area (Å²) in [4.78, 5) is 28.5. The zero-order chi connectivity index (χ0) is 16.4. The first-order chi connectivity index (χ1) is 11.1. The molecule has 1 saturated heterocycles. The quantitative estimate of drug-likeness (QED) is 0.923. The highest BCUT2D eigenvalue weighted by Crippen LogP contribution is 2.26. The molecule has 0 unspecified atom stereocenters. The van der Waals surface area contributed by atoms with Gasteiger partial charge in [-0.3, -0.25) is 4.79 Å². The van der Waals surface area contributed by atoms with Crippen molar-refractivity contribution in [3.05, 3.63) is 33.7 Å². The molecule has 1 aliphatic rings. The predicted octanol–water partition coefficient (Wildman–Crippen LogP) is 1.81. The highest BCUT2D eigenvalue weighted by Gasteiger charge is 2.33. The summed E-state index contributed by atoms with van der Waals surface area (Å²) in [6.07, 6.45) is 0. The number of carbonyl (C=O) groups is 1. The molecule has 0 spiro atoms. The first-order valence-corrected chi connectivity index (χ1v) is 8.30. The van der Waals surface area contributed by atoms with Gasteiger partial charge >= 0.3 is 0 Å². The highest BCUT2D eigenvalue weighted by molar-refractivity contribution is 7.11. The highest BCUT2D eigenvalue weighted by atomic mass is 32.1. The van der Waals surface area contributed by atoms with E-state index in [1.165, 1.54) is 11.3 Å². The third-order valence-corrected chi connectivity index (χ3v) is 4.67. The molecule has 1 atom stereocenters. The molecule has 2 aromatic heterocycles. The fourth-order valence-electron chi connectivity index (χ4n) is 2.57. The van der Waals surface area contributed by atoms with Crippen LogP contribution in [0.3, 0.4) is 0 Å². The maximum Gasteiger partial charge on any atom is 0.266 e. The van der Waals surface area contributed by atoms with E-state index in [0.717, 1.165) is 17.2 Å².